The Labute approximate surface area is 144 Å². The van der Waals surface area contributed by atoms with Crippen LogP contribution in [-0.2, 0) is 24.8 Å². The van der Waals surface area contributed by atoms with Gasteiger partial charge in [-0.1, -0.05) is 0 Å². The summed E-state index contributed by atoms with van der Waals surface area (Å²) in [6, 6.07) is 0. The van der Waals surface area contributed by atoms with Crippen molar-refractivity contribution in [1.82, 2.24) is 13.9 Å². The number of piperidine rings is 2. The minimum Gasteiger partial charge on any atom is -0.356 e. The Bertz CT molecular complexity index is 646. The predicted octanol–water partition coefficient (Wildman–Crippen LogP) is -0.554. The zero-order chi connectivity index (χ0) is 18.0. The molecule has 0 radical (unpaired) electrons. The van der Waals surface area contributed by atoms with Gasteiger partial charge in [-0.05, 0) is 31.6 Å². The second-order valence-corrected chi connectivity index (χ2v) is 10.8. The van der Waals surface area contributed by atoms with E-state index in [9.17, 15) is 21.6 Å². The molecule has 0 spiro atoms. The van der Waals surface area contributed by atoms with Gasteiger partial charge in [0.05, 0.1) is 12.5 Å². The van der Waals surface area contributed by atoms with Crippen LogP contribution >= 0.6 is 0 Å². The van der Waals surface area contributed by atoms with Crippen LogP contribution in [0, 0.1) is 11.8 Å². The topological polar surface area (TPSA) is 104 Å². The molecule has 8 nitrogen and oxygen atoms in total. The molecule has 1 amide bonds. The fraction of sp³-hybridized carbons (Fsp3) is 0.929. The number of hydrogen-bond acceptors (Lipinski definition) is 5. The van der Waals surface area contributed by atoms with E-state index in [0.29, 0.717) is 51.5 Å². The summed E-state index contributed by atoms with van der Waals surface area (Å²) in [4.78, 5) is 12.2. The molecular weight excluding hydrogens is 354 g/mol. The minimum atomic E-state index is -3.17. The average molecular weight is 382 g/mol. The zero-order valence-corrected chi connectivity index (χ0v) is 15.9. The molecule has 0 unspecified atom stereocenters. The van der Waals surface area contributed by atoms with Gasteiger partial charge in [-0.25, -0.2) is 25.4 Å². The summed E-state index contributed by atoms with van der Waals surface area (Å²) in [5.74, 6) is 0.135. The average Bonchev–Trinajstić information content (AvgIpc) is 2.51. The molecule has 0 aliphatic carbocycles. The Morgan fingerprint density at radius 1 is 0.875 bits per heavy atom. The number of carbonyl (C=O) groups is 1. The van der Waals surface area contributed by atoms with Gasteiger partial charge in [0.1, 0.15) is 0 Å². The fourth-order valence-electron chi connectivity index (χ4n) is 3.28. The third-order valence-corrected chi connectivity index (χ3v) is 7.51. The Hall–Kier alpha value is -0.710. The lowest BCUT2D eigenvalue weighted by molar-refractivity contribution is -0.126. The van der Waals surface area contributed by atoms with Gasteiger partial charge >= 0.3 is 0 Å². The maximum absolute atomic E-state index is 12.2. The van der Waals surface area contributed by atoms with Crippen LogP contribution in [0.1, 0.15) is 25.7 Å². The van der Waals surface area contributed by atoms with Gasteiger partial charge in [0, 0.05) is 38.6 Å². The number of carbonyl (C=O) groups excluding carboxylic acids is 1. The highest BCUT2D eigenvalue weighted by atomic mass is 32.2. The Balaban J connectivity index is 1.71. The molecule has 0 aromatic rings. The van der Waals surface area contributed by atoms with E-state index in [1.807, 2.05) is 0 Å². The molecule has 0 bridgehead atoms. The summed E-state index contributed by atoms with van der Waals surface area (Å²) in [6.07, 6.45) is 5.00. The second-order valence-electron chi connectivity index (χ2n) is 6.79. The number of amides is 1. The predicted molar refractivity (Wildman–Crippen MR) is 91.3 cm³/mol. The fourth-order valence-corrected chi connectivity index (χ4v) is 5.03. The summed E-state index contributed by atoms with van der Waals surface area (Å²) < 4.78 is 48.8. The molecule has 0 aromatic carbocycles. The highest BCUT2D eigenvalue weighted by Crippen LogP contribution is 2.21. The molecule has 2 saturated heterocycles. The van der Waals surface area contributed by atoms with E-state index in [0.717, 1.165) is 12.8 Å². The standard InChI is InChI=1S/C14H27N3O5S2/c1-23(19,20)16-7-3-12(4-8-16)11-15-14(18)13-5-9-17(10-6-13)24(2,21)22/h12-13H,3-11H2,1-2H3,(H,15,18). The van der Waals surface area contributed by atoms with Crippen molar-refractivity contribution in [2.24, 2.45) is 11.8 Å². The number of nitrogens with one attached hydrogen (secondary N) is 1. The summed E-state index contributed by atoms with van der Waals surface area (Å²) in [7, 11) is -6.30. The van der Waals surface area contributed by atoms with Gasteiger partial charge < -0.3 is 5.32 Å². The van der Waals surface area contributed by atoms with Gasteiger partial charge in [-0.15, -0.1) is 0 Å². The lowest BCUT2D eigenvalue weighted by atomic mass is 9.95. The molecule has 24 heavy (non-hydrogen) atoms. The summed E-state index contributed by atoms with van der Waals surface area (Å²) in [6.45, 7) is 2.36. The third-order valence-electron chi connectivity index (χ3n) is 4.90. The van der Waals surface area contributed by atoms with E-state index in [2.05, 4.69) is 5.32 Å². The number of sulfonamides is 2. The Morgan fingerprint density at radius 3 is 1.71 bits per heavy atom. The molecule has 2 rings (SSSR count). The van der Waals surface area contributed by atoms with Crippen LogP contribution < -0.4 is 5.32 Å². The van der Waals surface area contributed by atoms with Crippen molar-refractivity contribution >= 4 is 26.0 Å². The second kappa shape index (κ2) is 7.67. The van der Waals surface area contributed by atoms with E-state index in [1.54, 1.807) is 0 Å². The third kappa shape index (κ3) is 5.40. The summed E-state index contributed by atoms with van der Waals surface area (Å²) in [5.41, 5.74) is 0. The molecule has 0 atom stereocenters. The van der Waals surface area contributed by atoms with Crippen LogP contribution in [-0.4, -0.2) is 76.6 Å². The number of rotatable bonds is 5. The van der Waals surface area contributed by atoms with Crippen molar-refractivity contribution in [1.29, 1.82) is 0 Å². The first kappa shape index (κ1) is 19.6. The monoisotopic (exact) mass is 381 g/mol. The molecule has 2 aliphatic rings. The quantitative estimate of drug-likeness (QED) is 0.688. The first-order valence-electron chi connectivity index (χ1n) is 8.25. The molecule has 1 N–H and O–H groups in total. The van der Waals surface area contributed by atoms with Crippen molar-refractivity contribution in [2.75, 3.05) is 45.2 Å². The Morgan fingerprint density at radius 2 is 1.29 bits per heavy atom. The van der Waals surface area contributed by atoms with Gasteiger partial charge in [0.15, 0.2) is 0 Å². The van der Waals surface area contributed by atoms with Crippen molar-refractivity contribution < 1.29 is 21.6 Å². The van der Waals surface area contributed by atoms with Crippen molar-refractivity contribution in [3.63, 3.8) is 0 Å². The molecule has 2 aliphatic heterocycles. The van der Waals surface area contributed by atoms with E-state index >= 15 is 0 Å². The van der Waals surface area contributed by atoms with Gasteiger partial charge in [-0.2, -0.15) is 0 Å². The van der Waals surface area contributed by atoms with E-state index in [4.69, 9.17) is 0 Å². The van der Waals surface area contributed by atoms with Gasteiger partial charge in [0.25, 0.3) is 0 Å². The molecule has 2 heterocycles. The van der Waals surface area contributed by atoms with E-state index in [1.165, 1.54) is 21.1 Å². The maximum atomic E-state index is 12.2. The van der Waals surface area contributed by atoms with Gasteiger partial charge in [-0.3, -0.25) is 4.79 Å². The van der Waals surface area contributed by atoms with Crippen LogP contribution in [0.15, 0.2) is 0 Å². The van der Waals surface area contributed by atoms with E-state index < -0.39 is 20.0 Å². The van der Waals surface area contributed by atoms with Crippen molar-refractivity contribution in [3.8, 4) is 0 Å². The first-order chi connectivity index (χ1) is 11.1. The molecule has 0 saturated carbocycles. The van der Waals surface area contributed by atoms with E-state index in [-0.39, 0.29) is 11.8 Å². The Kier molecular flexibility index (Phi) is 6.27. The van der Waals surface area contributed by atoms with Crippen LogP contribution in [0.2, 0.25) is 0 Å². The number of nitrogens with zero attached hydrogens (tertiary/aromatic N) is 2. The van der Waals surface area contributed by atoms with Crippen molar-refractivity contribution in [2.45, 2.75) is 25.7 Å². The van der Waals surface area contributed by atoms with Crippen LogP contribution in [0.5, 0.6) is 0 Å². The lowest BCUT2D eigenvalue weighted by Crippen LogP contribution is -2.45. The highest BCUT2D eigenvalue weighted by molar-refractivity contribution is 7.88. The summed E-state index contributed by atoms with van der Waals surface area (Å²) >= 11 is 0. The molecule has 2 fully saturated rings. The highest BCUT2D eigenvalue weighted by Gasteiger charge is 2.30. The zero-order valence-electron chi connectivity index (χ0n) is 14.3. The molecule has 140 valence electrons. The lowest BCUT2D eigenvalue weighted by Gasteiger charge is -2.32. The van der Waals surface area contributed by atoms with Crippen LogP contribution in [0.3, 0.4) is 0 Å². The molecular formula is C14H27N3O5S2. The van der Waals surface area contributed by atoms with Crippen LogP contribution in [0.4, 0.5) is 0 Å². The largest absolute Gasteiger partial charge is 0.356 e. The minimum absolute atomic E-state index is 0.0197. The SMILES string of the molecule is CS(=O)(=O)N1CCC(CNC(=O)C2CCN(S(C)(=O)=O)CC2)CC1. The summed E-state index contributed by atoms with van der Waals surface area (Å²) in [5, 5.41) is 2.95. The van der Waals surface area contributed by atoms with Crippen LogP contribution in [0.25, 0.3) is 0 Å². The normalized spacial score (nSPS) is 23.2. The maximum Gasteiger partial charge on any atom is 0.223 e. The molecule has 10 heteroatoms. The van der Waals surface area contributed by atoms with Gasteiger partial charge in [0.2, 0.25) is 26.0 Å². The van der Waals surface area contributed by atoms with Crippen molar-refractivity contribution in [3.05, 3.63) is 0 Å². The first-order valence-corrected chi connectivity index (χ1v) is 11.9. The smallest absolute Gasteiger partial charge is 0.223 e. The number of hydrogen-bond donors (Lipinski definition) is 1. The molecule has 0 aromatic heterocycles.